The van der Waals surface area contributed by atoms with Crippen LogP contribution in [-0.2, 0) is 0 Å². The van der Waals surface area contributed by atoms with Crippen molar-refractivity contribution in [2.24, 2.45) is 5.73 Å². The molecule has 0 unspecified atom stereocenters. The summed E-state index contributed by atoms with van der Waals surface area (Å²) in [7, 11) is 1.50. The molecule has 1 nitrogen and oxygen atoms in total. The second-order valence-electron chi connectivity index (χ2n) is 0. The van der Waals surface area contributed by atoms with Crippen LogP contribution in [0.3, 0.4) is 0 Å². The van der Waals surface area contributed by atoms with Crippen molar-refractivity contribution in [2.75, 3.05) is 7.05 Å². The summed E-state index contributed by atoms with van der Waals surface area (Å²) < 4.78 is 0. The van der Waals surface area contributed by atoms with Crippen molar-refractivity contribution >= 4 is 91.8 Å². The van der Waals surface area contributed by atoms with E-state index in [4.69, 9.17) is 0 Å². The molecule has 0 heterocycles. The first-order valence-corrected chi connectivity index (χ1v) is 7.01. The normalized spacial score (nSPS) is 2.00. The summed E-state index contributed by atoms with van der Waals surface area (Å²) in [6, 6.07) is 0. The number of hydrogen-bond donors (Lipinski definition) is 1. The van der Waals surface area contributed by atoms with Crippen molar-refractivity contribution in [3.05, 3.63) is 0 Å². The first-order chi connectivity index (χ1) is 2.00. The Bertz CT molecular complexity index is 11.5. The second-order valence-corrected chi connectivity index (χ2v) is 0. The minimum atomic E-state index is 0. The van der Waals surface area contributed by atoms with Crippen molar-refractivity contribution in [3.63, 3.8) is 0 Å². The number of halogens is 2. The average Bonchev–Trinajstić information content (AvgIpc) is 1.50. The molecule has 0 aliphatic carbocycles. The fourth-order valence-electron chi connectivity index (χ4n) is 0. The first kappa shape index (κ1) is 22.8. The van der Waals surface area contributed by atoms with Crippen LogP contribution >= 0.6 is 37.2 Å². The standard InChI is InChI=1S/CH5N.I2.2Pb.4H/c2*1-2;;;;;;/h2H2,1H3;;;;;;;. The summed E-state index contributed by atoms with van der Waals surface area (Å²) in [6.45, 7) is 0. The zero-order chi connectivity index (χ0) is 4.00. The van der Waals surface area contributed by atoms with Crippen LogP contribution in [0.25, 0.3) is 0 Å². The Morgan fingerprint density at radius 2 is 1.00 bits per heavy atom. The van der Waals surface area contributed by atoms with Crippen molar-refractivity contribution < 1.29 is 0 Å². The molecule has 0 aromatic rings. The molecule has 0 aliphatic heterocycles. The SMILES string of the molecule is CN.II.[PbH2].[PbH2]. The molecule has 0 fully saturated rings. The minimum absolute atomic E-state index is 0. The topological polar surface area (TPSA) is 26.0 Å². The molecule has 5 heteroatoms. The van der Waals surface area contributed by atoms with E-state index in [1.165, 1.54) is 7.05 Å². The van der Waals surface area contributed by atoms with Crippen LogP contribution in [0.1, 0.15) is 0 Å². The van der Waals surface area contributed by atoms with Gasteiger partial charge in [0.05, 0.1) is 0 Å². The van der Waals surface area contributed by atoms with Gasteiger partial charge < -0.3 is 5.73 Å². The summed E-state index contributed by atoms with van der Waals surface area (Å²) >= 11 is 4.24. The Morgan fingerprint density at radius 1 is 1.00 bits per heavy atom. The van der Waals surface area contributed by atoms with Gasteiger partial charge in [-0.2, -0.15) is 0 Å². The van der Waals surface area contributed by atoms with Crippen molar-refractivity contribution in [1.29, 1.82) is 0 Å². The van der Waals surface area contributed by atoms with Crippen LogP contribution in [0.4, 0.5) is 0 Å². The molecular weight excluding hydrogens is 694 g/mol. The van der Waals surface area contributed by atoms with Gasteiger partial charge in [-0.25, -0.2) is 0 Å². The Balaban J connectivity index is -0.00000000500. The molecule has 0 saturated carbocycles. The molecule has 0 rings (SSSR count). The summed E-state index contributed by atoms with van der Waals surface area (Å²) in [4.78, 5) is 0. The van der Waals surface area contributed by atoms with Gasteiger partial charge in [0.25, 0.3) is 0 Å². The van der Waals surface area contributed by atoms with E-state index in [2.05, 4.69) is 43.0 Å². The van der Waals surface area contributed by atoms with Crippen molar-refractivity contribution in [3.8, 4) is 0 Å². The Morgan fingerprint density at radius 3 is 1.00 bits per heavy atom. The molecule has 40 valence electrons. The van der Waals surface area contributed by atoms with E-state index < -0.39 is 0 Å². The van der Waals surface area contributed by atoms with Crippen LogP contribution in [0, 0.1) is 0 Å². The molecule has 0 amide bonds. The fraction of sp³-hybridized carbons (Fsp3) is 1.00. The summed E-state index contributed by atoms with van der Waals surface area (Å²) in [5.41, 5.74) is 4.50. The molecule has 0 aromatic heterocycles. The molecule has 6 heavy (non-hydrogen) atoms. The fourth-order valence-corrected chi connectivity index (χ4v) is 0. The predicted octanol–water partition coefficient (Wildman–Crippen LogP) is -0.486. The van der Waals surface area contributed by atoms with Crippen LogP contribution < -0.4 is 5.73 Å². The third kappa shape index (κ3) is 26.8. The first-order valence-electron chi connectivity index (χ1n) is 0.720. The van der Waals surface area contributed by atoms with Gasteiger partial charge in [0.2, 0.25) is 0 Å². The number of nitrogens with two attached hydrogens (primary N) is 1. The van der Waals surface area contributed by atoms with Gasteiger partial charge in [-0.1, -0.05) is 0 Å². The molecule has 0 bridgehead atoms. The summed E-state index contributed by atoms with van der Waals surface area (Å²) in [6.07, 6.45) is 0. The van der Waals surface area contributed by atoms with Crippen LogP contribution in [0.5, 0.6) is 0 Å². The van der Waals surface area contributed by atoms with Gasteiger partial charge in [0.1, 0.15) is 0 Å². The third-order valence-corrected chi connectivity index (χ3v) is 0. The zero-order valence-electron chi connectivity index (χ0n) is 3.75. The second kappa shape index (κ2) is 40.9. The molecular formula is CH9I2NPb2. The van der Waals surface area contributed by atoms with E-state index in [-0.39, 0.29) is 54.6 Å². The quantitative estimate of drug-likeness (QED) is 0.268. The molecule has 4 radical (unpaired) electrons. The van der Waals surface area contributed by atoms with E-state index in [0.717, 1.165) is 0 Å². The van der Waals surface area contributed by atoms with E-state index in [1.54, 1.807) is 0 Å². The van der Waals surface area contributed by atoms with E-state index in [9.17, 15) is 0 Å². The van der Waals surface area contributed by atoms with Gasteiger partial charge in [-0.05, 0) is 7.05 Å². The van der Waals surface area contributed by atoms with Crippen molar-refractivity contribution in [2.45, 2.75) is 0 Å². The molecule has 2 N–H and O–H groups in total. The molecule has 0 spiro atoms. The van der Waals surface area contributed by atoms with Gasteiger partial charge >= 0.3 is 54.6 Å². The average molecular weight is 703 g/mol. The van der Waals surface area contributed by atoms with Gasteiger partial charge in [0, 0.05) is 37.2 Å². The zero-order valence-corrected chi connectivity index (χ0v) is 19.1. The maximum absolute atomic E-state index is 4.50. The maximum atomic E-state index is 4.50. The van der Waals surface area contributed by atoms with Gasteiger partial charge in [0.15, 0.2) is 0 Å². The molecule has 0 aromatic carbocycles. The number of rotatable bonds is 0. The third-order valence-electron chi connectivity index (χ3n) is 0. The Labute approximate surface area is 102 Å². The van der Waals surface area contributed by atoms with Crippen LogP contribution in [-0.4, -0.2) is 61.6 Å². The predicted molar refractivity (Wildman–Crippen MR) is 55.2 cm³/mol. The monoisotopic (exact) mass is 705 g/mol. The van der Waals surface area contributed by atoms with E-state index in [0.29, 0.717) is 0 Å². The summed E-state index contributed by atoms with van der Waals surface area (Å²) in [5, 5.41) is 0. The number of hydrogen-bond acceptors (Lipinski definition) is 1. The van der Waals surface area contributed by atoms with Gasteiger partial charge in [-0.15, -0.1) is 0 Å². The Kier molecular flexibility index (Phi) is 156. The van der Waals surface area contributed by atoms with E-state index in [1.807, 2.05) is 0 Å². The van der Waals surface area contributed by atoms with E-state index >= 15 is 0 Å². The van der Waals surface area contributed by atoms with Gasteiger partial charge in [-0.3, -0.25) is 0 Å². The molecule has 0 atom stereocenters. The Hall–Kier alpha value is 3.26. The molecule has 0 aliphatic rings. The van der Waals surface area contributed by atoms with Crippen LogP contribution in [0.2, 0.25) is 0 Å². The summed E-state index contributed by atoms with van der Waals surface area (Å²) in [5.74, 6) is 0. The van der Waals surface area contributed by atoms with Crippen molar-refractivity contribution in [1.82, 2.24) is 0 Å². The molecule has 0 saturated heterocycles. The van der Waals surface area contributed by atoms with Crippen LogP contribution in [0.15, 0.2) is 0 Å².